The van der Waals surface area contributed by atoms with E-state index in [1.54, 1.807) is 0 Å². The molecule has 5 nitrogen and oxygen atoms in total. The first-order chi connectivity index (χ1) is 19.6. The molecular weight excluding hydrogens is 724 g/mol. The summed E-state index contributed by atoms with van der Waals surface area (Å²) in [4.78, 5) is 11.5. The maximum absolute atomic E-state index is 14.0. The molecule has 2 atom stereocenters. The Hall–Kier alpha value is -2.70. The molecule has 0 aliphatic rings. The number of rotatable bonds is 14. The molecule has 1 unspecified atom stereocenters. The third kappa shape index (κ3) is 7.49. The summed E-state index contributed by atoms with van der Waals surface area (Å²) in [6.45, 7) is 0.966. The average Bonchev–Trinajstić information content (AvgIpc) is 2.82. The van der Waals surface area contributed by atoms with Crippen LogP contribution in [0.5, 0.6) is 11.5 Å². The molecule has 0 amide bonds. The fourth-order valence-electron chi connectivity index (χ4n) is 2.26. The van der Waals surface area contributed by atoms with Crippen LogP contribution in [0.25, 0.3) is 0 Å². The van der Waals surface area contributed by atoms with E-state index in [0.717, 1.165) is 13.0 Å². The van der Waals surface area contributed by atoms with E-state index in [-0.39, 0.29) is 0 Å². The summed E-state index contributed by atoms with van der Waals surface area (Å²) < 4.78 is 276. The number of carbonyl (C=O) groups excluding carboxylic acids is 1. The number of halogens is 21. The Balaban J connectivity index is 3.34. The molecule has 0 aromatic heterocycles. The van der Waals surface area contributed by atoms with Crippen LogP contribution in [0.3, 0.4) is 0 Å². The number of hydrogen-bond donors (Lipinski definition) is 0. The van der Waals surface area contributed by atoms with Gasteiger partial charge in [0.25, 0.3) is 0 Å². The van der Waals surface area contributed by atoms with Gasteiger partial charge in [-0.05, 0) is 25.1 Å². The zero-order valence-corrected chi connectivity index (χ0v) is 21.1. The van der Waals surface area contributed by atoms with Crippen molar-refractivity contribution in [1.82, 2.24) is 0 Å². The van der Waals surface area contributed by atoms with Crippen molar-refractivity contribution in [3.63, 3.8) is 0 Å². The van der Waals surface area contributed by atoms with Crippen LogP contribution in [0.2, 0.25) is 0 Å². The Morgan fingerprint density at radius 2 is 1.13 bits per heavy atom. The second-order valence-corrected chi connectivity index (χ2v) is 8.61. The molecule has 0 saturated carbocycles. The molecule has 0 fully saturated rings. The molecule has 0 heterocycles. The maximum atomic E-state index is 14.0. The van der Waals surface area contributed by atoms with Crippen LogP contribution in [0, 0.1) is 6.07 Å². The molecule has 0 N–H and O–H groups in total. The first-order valence-electron chi connectivity index (χ1n) is 10.3. The highest BCUT2D eigenvalue weighted by Gasteiger charge is 2.92. The highest BCUT2D eigenvalue weighted by molar-refractivity contribution is 6.29. The number of alkyl halides is 21. The van der Waals surface area contributed by atoms with Crippen molar-refractivity contribution in [1.29, 1.82) is 0 Å². The lowest BCUT2D eigenvalue weighted by atomic mass is 9.97. The third-order valence-electron chi connectivity index (χ3n) is 4.58. The Morgan fingerprint density at radius 1 is 0.689 bits per heavy atom. The van der Waals surface area contributed by atoms with Crippen LogP contribution in [0.15, 0.2) is 18.2 Å². The summed E-state index contributed by atoms with van der Waals surface area (Å²) >= 11 is 5.32. The Labute approximate surface area is 238 Å². The van der Waals surface area contributed by atoms with Crippen LogP contribution in [0.1, 0.15) is 6.92 Å². The largest absolute Gasteiger partial charge is 0.460 e. The van der Waals surface area contributed by atoms with E-state index < -0.39 is 83.5 Å². The highest BCUT2D eigenvalue weighted by atomic mass is 35.5. The highest BCUT2D eigenvalue weighted by Crippen LogP contribution is 2.61. The normalized spacial score (nSPS) is 16.3. The summed E-state index contributed by atoms with van der Waals surface area (Å²) in [5.74, 6) is -38.4. The van der Waals surface area contributed by atoms with E-state index in [9.17, 15) is 92.6 Å². The predicted molar refractivity (Wildman–Crippen MR) is 99.6 cm³/mol. The summed E-state index contributed by atoms with van der Waals surface area (Å²) in [6.07, 6.45) is -43.2. The Bertz CT molecular complexity index is 1200. The molecule has 1 aromatic carbocycles. The van der Waals surface area contributed by atoms with Crippen molar-refractivity contribution >= 4 is 17.6 Å². The van der Waals surface area contributed by atoms with Gasteiger partial charge in [0.2, 0.25) is 0 Å². The van der Waals surface area contributed by atoms with Gasteiger partial charge in [0.1, 0.15) is 5.38 Å². The topological polar surface area (TPSA) is 54.0 Å². The molecular formula is C19H8ClF20O5. The van der Waals surface area contributed by atoms with Crippen LogP contribution in [0.4, 0.5) is 87.8 Å². The molecule has 0 aliphatic heterocycles. The third-order valence-corrected chi connectivity index (χ3v) is 4.76. The van der Waals surface area contributed by atoms with Crippen LogP contribution >= 0.6 is 11.6 Å². The lowest BCUT2D eigenvalue weighted by Crippen LogP contribution is -2.71. The summed E-state index contributed by atoms with van der Waals surface area (Å²) in [5, 5.41) is -1.49. The summed E-state index contributed by atoms with van der Waals surface area (Å²) in [6, 6.07) is 3.64. The predicted octanol–water partition coefficient (Wildman–Crippen LogP) is 8.20. The van der Waals surface area contributed by atoms with Crippen molar-refractivity contribution in [3.05, 3.63) is 24.3 Å². The van der Waals surface area contributed by atoms with Crippen molar-refractivity contribution < 1.29 is 112 Å². The second kappa shape index (κ2) is 12.2. The van der Waals surface area contributed by atoms with E-state index >= 15 is 0 Å². The van der Waals surface area contributed by atoms with Gasteiger partial charge in [0, 0.05) is 0 Å². The monoisotopic (exact) mass is 731 g/mol. The number of esters is 1. The summed E-state index contributed by atoms with van der Waals surface area (Å²) in [7, 11) is 0. The summed E-state index contributed by atoms with van der Waals surface area (Å²) in [5.41, 5.74) is 0. The average molecular weight is 732 g/mol. The molecule has 0 aliphatic carbocycles. The molecule has 1 aromatic rings. The minimum Gasteiger partial charge on any atom is -0.448 e. The van der Waals surface area contributed by atoms with E-state index in [2.05, 4.69) is 9.47 Å². The van der Waals surface area contributed by atoms with Gasteiger partial charge < -0.3 is 9.47 Å². The molecule has 1 radical (unpaired) electrons. The van der Waals surface area contributed by atoms with Crippen LogP contribution in [-0.2, 0) is 14.3 Å². The standard InChI is InChI=1S/C19H8ClF20O5/c1-6(20)9(41)42-7-4-2-3-5-8(7)43-10(21)11(22,23)44-18(37,38)19(39,40)45-17(35,36)15(30,31)13(26,27)12(24,25)14(28,29)16(32,33)34/h2,4-6,10H,1H3/t6-,10?/m0/s1. The van der Waals surface area contributed by atoms with E-state index in [1.807, 2.05) is 10.8 Å². The molecule has 45 heavy (non-hydrogen) atoms. The first-order valence-corrected chi connectivity index (χ1v) is 10.7. The minimum absolute atomic E-state index is 0.306. The van der Waals surface area contributed by atoms with Crippen LogP contribution in [-0.4, -0.2) is 72.0 Å². The van der Waals surface area contributed by atoms with Gasteiger partial charge in [-0.25, -0.2) is 9.47 Å². The maximum Gasteiger partial charge on any atom is 0.460 e. The fourth-order valence-corrected chi connectivity index (χ4v) is 2.31. The first kappa shape index (κ1) is 40.3. The fraction of sp³-hybridized carbons (Fsp3) is 0.632. The number of ether oxygens (including phenoxy) is 4. The van der Waals surface area contributed by atoms with Crippen molar-refractivity contribution in [2.24, 2.45) is 0 Å². The molecule has 0 bridgehead atoms. The SMILES string of the molecule is C[C@H](Cl)C(=O)Oc1cc[c]cc1OC(F)C(F)(F)OC(F)(F)C(F)(F)OC(F)(F)C(F)(F)C(F)(F)C(F)(F)C(F)(F)C(F)(F)F. The van der Waals surface area contributed by atoms with Gasteiger partial charge >= 0.3 is 66.6 Å². The lowest BCUT2D eigenvalue weighted by molar-refractivity contribution is -0.548. The quantitative estimate of drug-likeness (QED) is 0.0837. The Morgan fingerprint density at radius 3 is 1.58 bits per heavy atom. The lowest BCUT2D eigenvalue weighted by Gasteiger charge is -2.40. The Kier molecular flexibility index (Phi) is 10.9. The molecule has 0 saturated heterocycles. The number of hydrogen-bond acceptors (Lipinski definition) is 5. The van der Waals surface area contributed by atoms with Crippen LogP contribution < -0.4 is 9.47 Å². The van der Waals surface area contributed by atoms with Crippen molar-refractivity contribution in [2.75, 3.05) is 0 Å². The van der Waals surface area contributed by atoms with Crippen molar-refractivity contribution in [2.45, 2.75) is 73.0 Å². The van der Waals surface area contributed by atoms with Gasteiger partial charge in [-0.1, -0.05) is 6.07 Å². The van der Waals surface area contributed by atoms with Gasteiger partial charge in [0.05, 0.1) is 0 Å². The van der Waals surface area contributed by atoms with Crippen molar-refractivity contribution in [3.8, 4) is 11.5 Å². The second-order valence-electron chi connectivity index (χ2n) is 7.96. The van der Waals surface area contributed by atoms with E-state index in [1.165, 1.54) is 4.74 Å². The minimum atomic E-state index is -8.80. The zero-order valence-electron chi connectivity index (χ0n) is 20.4. The smallest absolute Gasteiger partial charge is 0.448 e. The van der Waals surface area contributed by atoms with Gasteiger partial charge in [-0.15, -0.1) is 11.6 Å². The molecule has 261 valence electrons. The number of carbonyl (C=O) groups is 1. The molecule has 0 spiro atoms. The number of benzene rings is 1. The van der Waals surface area contributed by atoms with Gasteiger partial charge in [-0.3, -0.25) is 4.79 Å². The van der Waals surface area contributed by atoms with E-state index in [0.29, 0.717) is 12.1 Å². The zero-order chi connectivity index (χ0) is 36.0. The molecule has 1 rings (SSSR count). The van der Waals surface area contributed by atoms with Gasteiger partial charge in [0.15, 0.2) is 11.5 Å². The van der Waals surface area contributed by atoms with Gasteiger partial charge in [-0.2, -0.15) is 87.8 Å². The molecule has 26 heteroatoms. The van der Waals surface area contributed by atoms with E-state index in [4.69, 9.17) is 11.6 Å².